The lowest BCUT2D eigenvalue weighted by Gasteiger charge is -2.26. The molecule has 0 amide bonds. The second-order valence-corrected chi connectivity index (χ2v) is 3.86. The summed E-state index contributed by atoms with van der Waals surface area (Å²) in [5.41, 5.74) is 0.172. The van der Waals surface area contributed by atoms with E-state index in [9.17, 15) is 0 Å². The van der Waals surface area contributed by atoms with Crippen LogP contribution in [0.4, 0.5) is 0 Å². The Balaban J connectivity index is 3.54. The van der Waals surface area contributed by atoms with Crippen molar-refractivity contribution >= 4 is 0 Å². The Morgan fingerprint density at radius 3 is 2.36 bits per heavy atom. The first kappa shape index (κ1) is 10.9. The van der Waals surface area contributed by atoms with Crippen LogP contribution in [0.3, 0.4) is 0 Å². The number of hydrogen-bond acceptors (Lipinski definition) is 2. The van der Waals surface area contributed by atoms with Gasteiger partial charge in [-0.3, -0.25) is 0 Å². The van der Waals surface area contributed by atoms with Crippen LogP contribution in [0.15, 0.2) is 0 Å². The molecule has 1 atom stereocenters. The van der Waals surface area contributed by atoms with Crippen molar-refractivity contribution in [3.8, 4) is 0 Å². The Hall–Kier alpha value is -0.0800. The van der Waals surface area contributed by atoms with Crippen molar-refractivity contribution in [2.45, 2.75) is 52.2 Å². The van der Waals surface area contributed by atoms with Gasteiger partial charge < -0.3 is 10.4 Å². The molecule has 0 aromatic rings. The van der Waals surface area contributed by atoms with Crippen LogP contribution in [0.25, 0.3) is 0 Å². The monoisotopic (exact) mass is 159 g/mol. The van der Waals surface area contributed by atoms with Crippen LogP contribution in [0.2, 0.25) is 0 Å². The highest BCUT2D eigenvalue weighted by Gasteiger charge is 2.15. The number of β-amino-alcohol motifs (C(OH)–C–C–N with tert-alkyl or cyclic N) is 1. The molecule has 0 radical (unpaired) electrons. The summed E-state index contributed by atoms with van der Waals surface area (Å²) in [5.74, 6) is 0. The van der Waals surface area contributed by atoms with E-state index in [0.717, 1.165) is 6.42 Å². The molecule has 0 heterocycles. The fraction of sp³-hybridized carbons (Fsp3) is 1.00. The highest BCUT2D eigenvalue weighted by Crippen LogP contribution is 2.09. The lowest BCUT2D eigenvalue weighted by molar-refractivity contribution is 0.174. The summed E-state index contributed by atoms with van der Waals surface area (Å²) in [6.07, 6.45) is 2.09. The molecule has 0 aliphatic rings. The second kappa shape index (κ2) is 4.73. The van der Waals surface area contributed by atoms with Crippen molar-refractivity contribution in [3.63, 3.8) is 0 Å². The number of aliphatic hydroxyl groups is 1. The second-order valence-electron chi connectivity index (χ2n) is 3.86. The van der Waals surface area contributed by atoms with Gasteiger partial charge in [0.25, 0.3) is 0 Å². The summed E-state index contributed by atoms with van der Waals surface area (Å²) < 4.78 is 0. The van der Waals surface area contributed by atoms with E-state index in [1.807, 2.05) is 0 Å². The molecule has 0 saturated carbocycles. The van der Waals surface area contributed by atoms with Crippen LogP contribution in [-0.4, -0.2) is 23.3 Å². The van der Waals surface area contributed by atoms with E-state index in [-0.39, 0.29) is 11.6 Å². The minimum Gasteiger partial charge on any atom is -0.392 e. The predicted octanol–water partition coefficient (Wildman–Crippen LogP) is 1.54. The average molecular weight is 159 g/mol. The molecule has 68 valence electrons. The van der Waals surface area contributed by atoms with Gasteiger partial charge in [-0.05, 0) is 27.2 Å². The van der Waals surface area contributed by atoms with Gasteiger partial charge in [-0.2, -0.15) is 0 Å². The Morgan fingerprint density at radius 2 is 2.00 bits per heavy atom. The molecular weight excluding hydrogens is 138 g/mol. The zero-order chi connectivity index (χ0) is 8.91. The van der Waals surface area contributed by atoms with Crippen LogP contribution < -0.4 is 5.32 Å². The predicted molar refractivity (Wildman–Crippen MR) is 48.7 cm³/mol. The smallest absolute Gasteiger partial charge is 0.0636 e. The van der Waals surface area contributed by atoms with Crippen LogP contribution in [0.5, 0.6) is 0 Å². The van der Waals surface area contributed by atoms with Crippen molar-refractivity contribution in [2.75, 3.05) is 6.54 Å². The molecule has 0 aliphatic carbocycles. The minimum absolute atomic E-state index is 0.172. The third kappa shape index (κ3) is 6.32. The third-order valence-electron chi connectivity index (χ3n) is 1.75. The standard InChI is InChI=1S/C9H21NO/c1-5-6-9(3,4)10-7-8(2)11/h8,10-11H,5-7H2,1-4H3/t8-/m0/s1. The molecule has 2 N–H and O–H groups in total. The van der Waals surface area contributed by atoms with E-state index in [2.05, 4.69) is 26.1 Å². The molecule has 0 aliphatic heterocycles. The summed E-state index contributed by atoms with van der Waals surface area (Å²) in [5, 5.41) is 12.3. The zero-order valence-corrected chi connectivity index (χ0v) is 8.15. The molecule has 0 bridgehead atoms. The maximum atomic E-state index is 9.02. The molecule has 0 unspecified atom stereocenters. The van der Waals surface area contributed by atoms with Gasteiger partial charge in [0.05, 0.1) is 6.10 Å². The fourth-order valence-corrected chi connectivity index (χ4v) is 1.14. The van der Waals surface area contributed by atoms with Gasteiger partial charge in [0.2, 0.25) is 0 Å². The number of rotatable bonds is 5. The Labute approximate surface area is 70.0 Å². The van der Waals surface area contributed by atoms with Gasteiger partial charge in [-0.15, -0.1) is 0 Å². The third-order valence-corrected chi connectivity index (χ3v) is 1.75. The van der Waals surface area contributed by atoms with Crippen LogP contribution in [0.1, 0.15) is 40.5 Å². The van der Waals surface area contributed by atoms with E-state index >= 15 is 0 Å². The van der Waals surface area contributed by atoms with E-state index in [4.69, 9.17) is 5.11 Å². The first-order chi connectivity index (χ1) is 4.98. The topological polar surface area (TPSA) is 32.3 Å². The summed E-state index contributed by atoms with van der Waals surface area (Å²) in [4.78, 5) is 0. The summed E-state index contributed by atoms with van der Waals surface area (Å²) >= 11 is 0. The number of nitrogens with one attached hydrogen (secondary N) is 1. The summed E-state index contributed by atoms with van der Waals surface area (Å²) in [6.45, 7) is 8.99. The van der Waals surface area contributed by atoms with Crippen molar-refractivity contribution in [1.82, 2.24) is 5.32 Å². The molecule has 0 saturated heterocycles. The Bertz CT molecular complexity index is 99.7. The first-order valence-corrected chi connectivity index (χ1v) is 4.41. The zero-order valence-electron chi connectivity index (χ0n) is 8.15. The molecular formula is C9H21NO. The normalized spacial score (nSPS) is 15.0. The fourth-order valence-electron chi connectivity index (χ4n) is 1.14. The molecule has 0 rings (SSSR count). The quantitative estimate of drug-likeness (QED) is 0.637. The van der Waals surface area contributed by atoms with Gasteiger partial charge >= 0.3 is 0 Å². The lowest BCUT2D eigenvalue weighted by atomic mass is 9.99. The molecule has 2 heteroatoms. The minimum atomic E-state index is -0.244. The van der Waals surface area contributed by atoms with Gasteiger partial charge in [0.15, 0.2) is 0 Å². The van der Waals surface area contributed by atoms with E-state index < -0.39 is 0 Å². The highest BCUT2D eigenvalue weighted by molar-refractivity contribution is 4.77. The van der Waals surface area contributed by atoms with E-state index in [0.29, 0.717) is 6.54 Å². The molecule has 0 aromatic carbocycles. The van der Waals surface area contributed by atoms with Crippen LogP contribution in [0, 0.1) is 0 Å². The first-order valence-electron chi connectivity index (χ1n) is 4.41. The van der Waals surface area contributed by atoms with E-state index in [1.165, 1.54) is 6.42 Å². The molecule has 2 nitrogen and oxygen atoms in total. The summed E-state index contributed by atoms with van der Waals surface area (Å²) in [7, 11) is 0. The molecule has 0 spiro atoms. The lowest BCUT2D eigenvalue weighted by Crippen LogP contribution is -2.42. The van der Waals surface area contributed by atoms with Gasteiger partial charge in [0.1, 0.15) is 0 Å². The van der Waals surface area contributed by atoms with Crippen LogP contribution >= 0.6 is 0 Å². The van der Waals surface area contributed by atoms with Crippen molar-refractivity contribution < 1.29 is 5.11 Å². The molecule has 0 fully saturated rings. The Morgan fingerprint density at radius 1 is 1.45 bits per heavy atom. The van der Waals surface area contributed by atoms with Crippen molar-refractivity contribution in [3.05, 3.63) is 0 Å². The maximum Gasteiger partial charge on any atom is 0.0636 e. The van der Waals surface area contributed by atoms with Gasteiger partial charge in [-0.25, -0.2) is 0 Å². The number of hydrogen-bond donors (Lipinski definition) is 2. The largest absolute Gasteiger partial charge is 0.392 e. The highest BCUT2D eigenvalue weighted by atomic mass is 16.3. The van der Waals surface area contributed by atoms with Crippen molar-refractivity contribution in [2.24, 2.45) is 0 Å². The average Bonchev–Trinajstić information content (AvgIpc) is 1.84. The van der Waals surface area contributed by atoms with E-state index in [1.54, 1.807) is 6.92 Å². The van der Waals surface area contributed by atoms with Crippen LogP contribution in [-0.2, 0) is 0 Å². The number of aliphatic hydroxyl groups excluding tert-OH is 1. The van der Waals surface area contributed by atoms with Gasteiger partial charge in [0, 0.05) is 12.1 Å². The van der Waals surface area contributed by atoms with Gasteiger partial charge in [-0.1, -0.05) is 13.3 Å². The molecule has 11 heavy (non-hydrogen) atoms. The SMILES string of the molecule is CCCC(C)(C)NC[C@H](C)O. The Kier molecular flexibility index (Phi) is 4.69. The summed E-state index contributed by atoms with van der Waals surface area (Å²) in [6, 6.07) is 0. The molecule has 0 aromatic heterocycles. The van der Waals surface area contributed by atoms with Crippen molar-refractivity contribution in [1.29, 1.82) is 0 Å². The maximum absolute atomic E-state index is 9.02.